The molecule has 1 N–H and O–H groups in total. The molecule has 0 aromatic heterocycles. The third kappa shape index (κ3) is 3.57. The van der Waals surface area contributed by atoms with Gasteiger partial charge in [0.15, 0.2) is 0 Å². The number of nitrogens with zero attached hydrogens (tertiary/aromatic N) is 1. The van der Waals surface area contributed by atoms with Gasteiger partial charge in [0, 0.05) is 17.8 Å². The minimum Gasteiger partial charge on any atom is -0.322 e. The summed E-state index contributed by atoms with van der Waals surface area (Å²) in [5.74, 6) is -0.387. The van der Waals surface area contributed by atoms with Gasteiger partial charge in [-0.25, -0.2) is 8.42 Å². The van der Waals surface area contributed by atoms with Crippen molar-refractivity contribution in [3.63, 3.8) is 0 Å². The zero-order valence-corrected chi connectivity index (χ0v) is 18.2. The number of carbonyl (C=O) groups excluding carboxylic acids is 1. The van der Waals surface area contributed by atoms with E-state index in [1.165, 1.54) is 22.5 Å². The molecule has 30 heavy (non-hydrogen) atoms. The molecule has 7 heteroatoms. The lowest BCUT2D eigenvalue weighted by Gasteiger charge is -2.21. The fraction of sp³-hybridized carbons (Fsp3) is 0.174. The lowest BCUT2D eigenvalue weighted by Crippen LogP contribution is -2.29. The van der Waals surface area contributed by atoms with Gasteiger partial charge in [-0.15, -0.1) is 0 Å². The van der Waals surface area contributed by atoms with Crippen molar-refractivity contribution in [1.82, 2.24) is 0 Å². The van der Waals surface area contributed by atoms with Crippen LogP contribution in [-0.4, -0.2) is 20.9 Å². The van der Waals surface area contributed by atoms with Gasteiger partial charge in [0.2, 0.25) is 0 Å². The SMILES string of the molecule is Cc1cccc(C)c1NC(=O)c1ccc(Cl)c(S(=O)(=O)N2CCc3ccccc32)c1. The van der Waals surface area contributed by atoms with E-state index in [4.69, 9.17) is 11.6 Å². The summed E-state index contributed by atoms with van der Waals surface area (Å²) in [7, 11) is -3.91. The zero-order valence-electron chi connectivity index (χ0n) is 16.6. The number of sulfonamides is 1. The zero-order chi connectivity index (χ0) is 21.5. The summed E-state index contributed by atoms with van der Waals surface area (Å²) >= 11 is 6.26. The Bertz CT molecular complexity index is 1230. The first-order valence-corrected chi connectivity index (χ1v) is 11.4. The lowest BCUT2D eigenvalue weighted by atomic mass is 10.1. The molecular weight excluding hydrogens is 420 g/mol. The van der Waals surface area contributed by atoms with Gasteiger partial charge >= 0.3 is 0 Å². The van der Waals surface area contributed by atoms with Crippen molar-refractivity contribution in [2.45, 2.75) is 25.2 Å². The number of carbonyl (C=O) groups is 1. The second-order valence-corrected chi connectivity index (χ2v) is 9.56. The highest BCUT2D eigenvalue weighted by Gasteiger charge is 2.32. The summed E-state index contributed by atoms with van der Waals surface area (Å²) in [6.07, 6.45) is 0.639. The number of hydrogen-bond acceptors (Lipinski definition) is 3. The fourth-order valence-corrected chi connectivity index (χ4v) is 5.72. The molecule has 0 unspecified atom stereocenters. The molecule has 1 amide bonds. The predicted molar refractivity (Wildman–Crippen MR) is 120 cm³/mol. The largest absolute Gasteiger partial charge is 0.322 e. The smallest absolute Gasteiger partial charge is 0.265 e. The maximum atomic E-state index is 13.4. The van der Waals surface area contributed by atoms with Crippen molar-refractivity contribution in [2.75, 3.05) is 16.2 Å². The number of hydrogen-bond donors (Lipinski definition) is 1. The van der Waals surface area contributed by atoms with Crippen molar-refractivity contribution in [3.8, 4) is 0 Å². The monoisotopic (exact) mass is 440 g/mol. The normalized spacial score (nSPS) is 13.2. The van der Waals surface area contributed by atoms with Gasteiger partial charge in [-0.3, -0.25) is 9.10 Å². The van der Waals surface area contributed by atoms with Crippen LogP contribution in [0.1, 0.15) is 27.0 Å². The highest BCUT2D eigenvalue weighted by atomic mass is 35.5. The van der Waals surface area contributed by atoms with Crippen LogP contribution in [0.5, 0.6) is 0 Å². The van der Waals surface area contributed by atoms with E-state index in [0.29, 0.717) is 18.7 Å². The molecule has 1 aliphatic rings. The molecule has 0 saturated carbocycles. The van der Waals surface area contributed by atoms with Gasteiger partial charge in [-0.05, 0) is 61.2 Å². The highest BCUT2D eigenvalue weighted by Crippen LogP contribution is 2.35. The van der Waals surface area contributed by atoms with E-state index in [0.717, 1.165) is 22.4 Å². The first kappa shape index (κ1) is 20.4. The van der Waals surface area contributed by atoms with Crippen LogP contribution in [0.15, 0.2) is 65.6 Å². The molecule has 3 aromatic carbocycles. The topological polar surface area (TPSA) is 66.5 Å². The number of halogens is 1. The average Bonchev–Trinajstić information content (AvgIpc) is 3.16. The maximum absolute atomic E-state index is 13.4. The molecule has 3 aromatic rings. The minimum atomic E-state index is -3.91. The van der Waals surface area contributed by atoms with Crippen molar-refractivity contribution in [3.05, 3.63) is 87.9 Å². The number of para-hydroxylation sites is 2. The Morgan fingerprint density at radius 3 is 2.43 bits per heavy atom. The number of aryl methyl sites for hydroxylation is 2. The van der Waals surface area contributed by atoms with Gasteiger partial charge in [0.1, 0.15) is 4.90 Å². The number of rotatable bonds is 4. The summed E-state index contributed by atoms with van der Waals surface area (Å²) in [4.78, 5) is 12.8. The van der Waals surface area contributed by atoms with Crippen LogP contribution in [0.2, 0.25) is 5.02 Å². The standard InChI is InChI=1S/C23H21ClN2O3S/c1-15-6-5-7-16(2)22(15)25-23(27)18-10-11-19(24)21(14-18)30(28,29)26-13-12-17-8-3-4-9-20(17)26/h3-11,14H,12-13H2,1-2H3,(H,25,27). The Morgan fingerprint density at radius 2 is 1.70 bits per heavy atom. The van der Waals surface area contributed by atoms with Gasteiger partial charge in [-0.2, -0.15) is 0 Å². The van der Waals surface area contributed by atoms with Gasteiger partial charge in [0.05, 0.1) is 10.7 Å². The summed E-state index contributed by atoms with van der Waals surface area (Å²) in [6, 6.07) is 17.5. The quantitative estimate of drug-likeness (QED) is 0.623. The summed E-state index contributed by atoms with van der Waals surface area (Å²) in [6.45, 7) is 4.16. The molecule has 154 valence electrons. The summed E-state index contributed by atoms with van der Waals surface area (Å²) < 4.78 is 28.1. The van der Waals surface area contributed by atoms with Crippen molar-refractivity contribution < 1.29 is 13.2 Å². The van der Waals surface area contributed by atoms with Crippen LogP contribution < -0.4 is 9.62 Å². The molecule has 0 radical (unpaired) electrons. The molecule has 0 fully saturated rings. The number of benzene rings is 3. The minimum absolute atomic E-state index is 0.0741. The molecule has 5 nitrogen and oxygen atoms in total. The Labute approximate surface area is 181 Å². The second kappa shape index (κ2) is 7.78. The molecule has 0 bridgehead atoms. The third-order valence-corrected chi connectivity index (χ3v) is 7.62. The van der Waals surface area contributed by atoms with E-state index in [9.17, 15) is 13.2 Å². The van der Waals surface area contributed by atoms with Gasteiger partial charge < -0.3 is 5.32 Å². The summed E-state index contributed by atoms with van der Waals surface area (Å²) in [5.41, 5.74) is 4.43. The van der Waals surface area contributed by atoms with E-state index < -0.39 is 10.0 Å². The van der Waals surface area contributed by atoms with Crippen LogP contribution in [0, 0.1) is 13.8 Å². The van der Waals surface area contributed by atoms with E-state index in [1.807, 2.05) is 50.2 Å². The maximum Gasteiger partial charge on any atom is 0.265 e. The van der Waals surface area contributed by atoms with Crippen LogP contribution in [-0.2, 0) is 16.4 Å². The number of nitrogens with one attached hydrogen (secondary N) is 1. The van der Waals surface area contributed by atoms with Crippen LogP contribution in [0.3, 0.4) is 0 Å². The van der Waals surface area contributed by atoms with Crippen molar-refractivity contribution in [1.29, 1.82) is 0 Å². The molecule has 0 atom stereocenters. The second-order valence-electron chi connectivity index (χ2n) is 7.32. The van der Waals surface area contributed by atoms with Gasteiger partial charge in [-0.1, -0.05) is 48.0 Å². The fourth-order valence-electron chi connectivity index (χ4n) is 3.72. The van der Waals surface area contributed by atoms with Crippen molar-refractivity contribution in [2.24, 2.45) is 0 Å². The molecule has 4 rings (SSSR count). The Hall–Kier alpha value is -2.83. The Morgan fingerprint density at radius 1 is 1.00 bits per heavy atom. The average molecular weight is 441 g/mol. The number of fused-ring (bicyclic) bond motifs is 1. The first-order chi connectivity index (χ1) is 14.3. The van der Waals surface area contributed by atoms with E-state index in [-0.39, 0.29) is 21.4 Å². The molecule has 0 spiro atoms. The number of anilines is 2. The van der Waals surface area contributed by atoms with Crippen LogP contribution in [0.4, 0.5) is 11.4 Å². The first-order valence-electron chi connectivity index (χ1n) is 9.57. The predicted octanol–water partition coefficient (Wildman–Crippen LogP) is 4.96. The summed E-state index contributed by atoms with van der Waals surface area (Å²) in [5, 5.41) is 2.97. The highest BCUT2D eigenvalue weighted by molar-refractivity contribution is 7.93. The molecular formula is C23H21ClN2O3S. The van der Waals surface area contributed by atoms with Crippen molar-refractivity contribution >= 4 is 38.9 Å². The Kier molecular flexibility index (Phi) is 5.30. The molecule has 1 aliphatic heterocycles. The van der Waals surface area contributed by atoms with Crippen LogP contribution >= 0.6 is 11.6 Å². The van der Waals surface area contributed by atoms with E-state index >= 15 is 0 Å². The third-order valence-electron chi connectivity index (χ3n) is 5.33. The Balaban J connectivity index is 1.69. The molecule has 1 heterocycles. The number of amides is 1. The van der Waals surface area contributed by atoms with E-state index in [2.05, 4.69) is 5.32 Å². The van der Waals surface area contributed by atoms with E-state index in [1.54, 1.807) is 6.07 Å². The van der Waals surface area contributed by atoms with Gasteiger partial charge in [0.25, 0.3) is 15.9 Å². The molecule has 0 aliphatic carbocycles. The lowest BCUT2D eigenvalue weighted by molar-refractivity contribution is 0.102. The van der Waals surface area contributed by atoms with Crippen LogP contribution in [0.25, 0.3) is 0 Å². The molecule has 0 saturated heterocycles.